The maximum absolute atomic E-state index is 4.00. The fraction of sp³-hybridized carbons (Fsp3) is 0.118. The topological polar surface area (TPSA) is 3.24 Å². The first-order valence-electron chi connectivity index (χ1n) is 12.4. The van der Waals surface area contributed by atoms with Crippen LogP contribution in [0.1, 0.15) is 30.9 Å². The fourth-order valence-corrected chi connectivity index (χ4v) is 4.25. The lowest BCUT2D eigenvalue weighted by Crippen LogP contribution is -2.16. The van der Waals surface area contributed by atoms with Crippen LogP contribution in [0.25, 0.3) is 11.1 Å². The van der Waals surface area contributed by atoms with Crippen LogP contribution in [-0.4, -0.2) is 0 Å². The molecule has 174 valence electrons. The molecule has 0 aromatic heterocycles. The predicted octanol–water partition coefficient (Wildman–Crippen LogP) is 9.51. The Morgan fingerprint density at radius 3 is 2.06 bits per heavy atom. The first-order valence-corrected chi connectivity index (χ1v) is 12.4. The summed E-state index contributed by atoms with van der Waals surface area (Å²) < 4.78 is 0. The molecular weight excluding hydrogens is 422 g/mol. The maximum atomic E-state index is 4.00. The van der Waals surface area contributed by atoms with Crippen molar-refractivity contribution in [2.24, 2.45) is 0 Å². The first kappa shape index (κ1) is 24.0. The van der Waals surface area contributed by atoms with Gasteiger partial charge in [-0.1, -0.05) is 123 Å². The highest BCUT2D eigenvalue weighted by Gasteiger charge is 2.17. The standard InChI is InChI=1S/C34H33N/c1-3-5-8-20-31(15-4-2)35(34-22-14-13-21-33(34)30-18-11-7-12-19-30)32-25-23-29(24-26-32)27-28-16-9-6-10-17-28/h4,6-26H,2-3,5,27H2,1H3/b20-8-,31-15+. The van der Waals surface area contributed by atoms with E-state index in [9.17, 15) is 0 Å². The monoisotopic (exact) mass is 455 g/mol. The van der Waals surface area contributed by atoms with Crippen LogP contribution >= 0.6 is 0 Å². The number of anilines is 2. The van der Waals surface area contributed by atoms with Crippen LogP contribution in [0, 0.1) is 0 Å². The summed E-state index contributed by atoms with van der Waals surface area (Å²) in [5.41, 5.74) is 8.37. The van der Waals surface area contributed by atoms with Gasteiger partial charge in [0.05, 0.1) is 5.69 Å². The number of benzene rings is 4. The lowest BCUT2D eigenvalue weighted by atomic mass is 10.0. The number of hydrogen-bond donors (Lipinski definition) is 0. The van der Waals surface area contributed by atoms with Crippen LogP contribution in [0.5, 0.6) is 0 Å². The van der Waals surface area contributed by atoms with E-state index in [4.69, 9.17) is 0 Å². The van der Waals surface area contributed by atoms with Gasteiger partial charge in [-0.3, -0.25) is 0 Å². The summed E-state index contributed by atoms with van der Waals surface area (Å²) in [5.74, 6) is 0. The summed E-state index contributed by atoms with van der Waals surface area (Å²) in [6, 6.07) is 38.8. The van der Waals surface area contributed by atoms with E-state index >= 15 is 0 Å². The highest BCUT2D eigenvalue weighted by Crippen LogP contribution is 2.38. The Kier molecular flexibility index (Phi) is 8.51. The number of allylic oxidation sites excluding steroid dienone is 4. The third-order valence-electron chi connectivity index (χ3n) is 5.97. The lowest BCUT2D eigenvalue weighted by Gasteiger charge is -2.29. The molecule has 4 rings (SSSR count). The van der Waals surface area contributed by atoms with Crippen molar-refractivity contribution >= 4 is 11.4 Å². The van der Waals surface area contributed by atoms with E-state index < -0.39 is 0 Å². The molecule has 4 aromatic carbocycles. The van der Waals surface area contributed by atoms with Crippen molar-refractivity contribution in [1.29, 1.82) is 0 Å². The van der Waals surface area contributed by atoms with Gasteiger partial charge in [0.25, 0.3) is 0 Å². The van der Waals surface area contributed by atoms with Crippen LogP contribution in [0.2, 0.25) is 0 Å². The molecule has 1 nitrogen and oxygen atoms in total. The number of nitrogens with zero attached hydrogens (tertiary/aromatic N) is 1. The third-order valence-corrected chi connectivity index (χ3v) is 5.97. The van der Waals surface area contributed by atoms with Crippen molar-refractivity contribution in [1.82, 2.24) is 0 Å². The van der Waals surface area contributed by atoms with E-state index in [0.29, 0.717) is 0 Å². The van der Waals surface area contributed by atoms with E-state index in [2.05, 4.69) is 146 Å². The van der Waals surface area contributed by atoms with Gasteiger partial charge in [-0.05, 0) is 59.9 Å². The number of hydrogen-bond acceptors (Lipinski definition) is 1. The van der Waals surface area contributed by atoms with E-state index in [0.717, 1.165) is 36.3 Å². The Morgan fingerprint density at radius 2 is 1.37 bits per heavy atom. The summed E-state index contributed by atoms with van der Waals surface area (Å²) >= 11 is 0. The molecule has 0 heterocycles. The maximum Gasteiger partial charge on any atom is 0.0540 e. The molecule has 0 bridgehead atoms. The zero-order chi connectivity index (χ0) is 24.3. The second kappa shape index (κ2) is 12.4. The van der Waals surface area contributed by atoms with Crippen LogP contribution in [0.15, 0.2) is 146 Å². The SMILES string of the molecule is C=C/C=C(\C=C/CCC)N(c1ccc(Cc2ccccc2)cc1)c1ccccc1-c1ccccc1. The van der Waals surface area contributed by atoms with Gasteiger partial charge in [0.2, 0.25) is 0 Å². The Bertz CT molecular complexity index is 1270. The van der Waals surface area contributed by atoms with Crippen molar-refractivity contribution < 1.29 is 0 Å². The average Bonchev–Trinajstić information content (AvgIpc) is 2.91. The molecule has 0 aliphatic rings. The van der Waals surface area contributed by atoms with Gasteiger partial charge in [0, 0.05) is 16.9 Å². The van der Waals surface area contributed by atoms with Gasteiger partial charge in [-0.25, -0.2) is 0 Å². The molecular formula is C34H33N. The molecule has 0 aliphatic carbocycles. The van der Waals surface area contributed by atoms with E-state index in [1.54, 1.807) is 0 Å². The Morgan fingerprint density at radius 1 is 0.743 bits per heavy atom. The fourth-order valence-electron chi connectivity index (χ4n) is 4.25. The summed E-state index contributed by atoms with van der Waals surface area (Å²) in [5, 5.41) is 0. The Labute approximate surface area is 210 Å². The summed E-state index contributed by atoms with van der Waals surface area (Å²) in [6.45, 7) is 6.21. The predicted molar refractivity (Wildman–Crippen MR) is 152 cm³/mol. The van der Waals surface area contributed by atoms with E-state index in [-0.39, 0.29) is 0 Å². The molecule has 0 spiro atoms. The largest absolute Gasteiger partial charge is 0.310 e. The summed E-state index contributed by atoms with van der Waals surface area (Å²) in [4.78, 5) is 2.34. The van der Waals surface area contributed by atoms with Gasteiger partial charge in [-0.15, -0.1) is 0 Å². The molecule has 35 heavy (non-hydrogen) atoms. The van der Waals surface area contributed by atoms with Crippen molar-refractivity contribution in [3.05, 3.63) is 157 Å². The zero-order valence-electron chi connectivity index (χ0n) is 20.5. The molecule has 0 radical (unpaired) electrons. The van der Waals surface area contributed by atoms with Crippen molar-refractivity contribution in [3.8, 4) is 11.1 Å². The lowest BCUT2D eigenvalue weighted by molar-refractivity contribution is 0.956. The summed E-state index contributed by atoms with van der Waals surface area (Å²) in [6.07, 6.45) is 11.5. The highest BCUT2D eigenvalue weighted by atomic mass is 15.1. The van der Waals surface area contributed by atoms with Gasteiger partial charge in [0.1, 0.15) is 0 Å². The highest BCUT2D eigenvalue weighted by molar-refractivity contribution is 5.85. The molecule has 1 heteroatoms. The molecule has 0 amide bonds. The van der Waals surface area contributed by atoms with Gasteiger partial charge in [-0.2, -0.15) is 0 Å². The first-order chi connectivity index (χ1) is 17.3. The van der Waals surface area contributed by atoms with Crippen molar-refractivity contribution in [2.45, 2.75) is 26.2 Å². The zero-order valence-corrected chi connectivity index (χ0v) is 20.5. The molecule has 0 saturated heterocycles. The van der Waals surface area contributed by atoms with E-state index in [1.165, 1.54) is 22.3 Å². The molecule has 0 saturated carbocycles. The molecule has 0 N–H and O–H groups in total. The third kappa shape index (κ3) is 6.28. The smallest absolute Gasteiger partial charge is 0.0540 e. The van der Waals surface area contributed by atoms with Crippen LogP contribution in [0.4, 0.5) is 11.4 Å². The van der Waals surface area contributed by atoms with Gasteiger partial charge in [0.15, 0.2) is 0 Å². The van der Waals surface area contributed by atoms with Gasteiger partial charge >= 0.3 is 0 Å². The quantitative estimate of drug-likeness (QED) is 0.215. The molecule has 0 fully saturated rings. The summed E-state index contributed by atoms with van der Waals surface area (Å²) in [7, 11) is 0. The van der Waals surface area contributed by atoms with Crippen LogP contribution in [-0.2, 0) is 6.42 Å². The molecule has 0 atom stereocenters. The minimum atomic E-state index is 0.924. The number of para-hydroxylation sites is 1. The molecule has 0 unspecified atom stereocenters. The number of unbranched alkanes of at least 4 members (excludes halogenated alkanes) is 1. The van der Waals surface area contributed by atoms with Crippen molar-refractivity contribution in [3.63, 3.8) is 0 Å². The second-order valence-electron chi connectivity index (χ2n) is 8.57. The normalized spacial score (nSPS) is 11.5. The Balaban J connectivity index is 1.79. The minimum Gasteiger partial charge on any atom is -0.310 e. The van der Waals surface area contributed by atoms with Crippen LogP contribution in [0.3, 0.4) is 0 Å². The number of rotatable bonds is 10. The molecule has 4 aromatic rings. The minimum absolute atomic E-state index is 0.924. The molecule has 0 aliphatic heterocycles. The van der Waals surface area contributed by atoms with E-state index in [1.807, 2.05) is 6.08 Å². The average molecular weight is 456 g/mol. The van der Waals surface area contributed by atoms with Crippen molar-refractivity contribution in [2.75, 3.05) is 4.90 Å². The van der Waals surface area contributed by atoms with Crippen LogP contribution < -0.4 is 4.90 Å². The second-order valence-corrected chi connectivity index (χ2v) is 8.57. The Hall–Kier alpha value is -4.10. The van der Waals surface area contributed by atoms with Gasteiger partial charge < -0.3 is 4.90 Å².